The number of hydrogen-bond donors (Lipinski definition) is 0. The Bertz CT molecular complexity index is 1080. The van der Waals surface area contributed by atoms with Gasteiger partial charge in [0.2, 0.25) is 0 Å². The number of nitrogens with zero attached hydrogens (tertiary/aromatic N) is 2. The lowest BCUT2D eigenvalue weighted by molar-refractivity contribution is 0.0693. The summed E-state index contributed by atoms with van der Waals surface area (Å²) in [7, 11) is 1.41. The molecule has 1 aliphatic heterocycles. The van der Waals surface area contributed by atoms with Gasteiger partial charge in [-0.3, -0.25) is 19.3 Å². The maximum absolute atomic E-state index is 13.3. The highest BCUT2D eigenvalue weighted by atomic mass is 32.1. The molecule has 2 aromatic carbocycles. The van der Waals surface area contributed by atoms with Gasteiger partial charge in [-0.15, -0.1) is 11.3 Å². The van der Waals surface area contributed by atoms with Gasteiger partial charge in [0, 0.05) is 23.2 Å². The van der Waals surface area contributed by atoms with Gasteiger partial charge in [0.05, 0.1) is 17.7 Å². The first-order chi connectivity index (χ1) is 13.5. The van der Waals surface area contributed by atoms with Gasteiger partial charge >= 0.3 is 0 Å². The van der Waals surface area contributed by atoms with Crippen molar-refractivity contribution in [3.05, 3.63) is 87.4 Å². The van der Waals surface area contributed by atoms with Crippen LogP contribution < -0.4 is 4.90 Å². The van der Waals surface area contributed by atoms with Crippen LogP contribution in [-0.4, -0.2) is 29.7 Å². The zero-order valence-corrected chi connectivity index (χ0v) is 15.7. The van der Waals surface area contributed by atoms with E-state index in [-0.39, 0.29) is 28.5 Å². The first-order valence-electron chi connectivity index (χ1n) is 8.52. The largest absolute Gasteiger partial charge is 0.303 e. The van der Waals surface area contributed by atoms with Crippen LogP contribution in [0.15, 0.2) is 60.0 Å². The monoisotopic (exact) mass is 394 g/mol. The van der Waals surface area contributed by atoms with Crippen LogP contribution in [0.4, 0.5) is 10.1 Å². The average molecular weight is 394 g/mol. The highest BCUT2D eigenvalue weighted by molar-refractivity contribution is 7.09. The second kappa shape index (κ2) is 7.01. The Labute approximate surface area is 164 Å². The highest BCUT2D eigenvalue weighted by Crippen LogP contribution is 2.26. The Kier molecular flexibility index (Phi) is 4.52. The van der Waals surface area contributed by atoms with Crippen LogP contribution in [0.25, 0.3) is 0 Å². The number of amides is 3. The molecule has 3 aromatic rings. The molecule has 0 N–H and O–H groups in total. The fourth-order valence-electron chi connectivity index (χ4n) is 3.11. The maximum Gasteiger partial charge on any atom is 0.261 e. The summed E-state index contributed by atoms with van der Waals surface area (Å²) in [6.07, 6.45) is 0. The Balaban J connectivity index is 1.73. The van der Waals surface area contributed by atoms with Crippen LogP contribution in [0.3, 0.4) is 0 Å². The fraction of sp³-hybridized carbons (Fsp3) is 0.0952. The molecule has 3 amide bonds. The van der Waals surface area contributed by atoms with Gasteiger partial charge in [-0.25, -0.2) is 4.39 Å². The number of imide groups is 1. The fourth-order valence-corrected chi connectivity index (χ4v) is 3.80. The van der Waals surface area contributed by atoms with E-state index in [1.54, 1.807) is 0 Å². The summed E-state index contributed by atoms with van der Waals surface area (Å²) in [5.41, 5.74) is 1.33. The van der Waals surface area contributed by atoms with E-state index in [1.165, 1.54) is 65.7 Å². The Morgan fingerprint density at radius 2 is 1.75 bits per heavy atom. The summed E-state index contributed by atoms with van der Waals surface area (Å²) >= 11 is 1.51. The van der Waals surface area contributed by atoms with E-state index in [1.807, 2.05) is 17.5 Å². The number of benzene rings is 2. The quantitative estimate of drug-likeness (QED) is 0.630. The van der Waals surface area contributed by atoms with Crippen LogP contribution in [0.1, 0.15) is 36.0 Å². The van der Waals surface area contributed by atoms with Crippen molar-refractivity contribution in [2.75, 3.05) is 11.9 Å². The smallest absolute Gasteiger partial charge is 0.261 e. The van der Waals surface area contributed by atoms with Crippen LogP contribution in [0.5, 0.6) is 0 Å². The van der Waals surface area contributed by atoms with Crippen LogP contribution in [-0.2, 0) is 6.54 Å². The molecule has 0 atom stereocenters. The molecule has 2 heterocycles. The normalized spacial score (nSPS) is 13.0. The van der Waals surface area contributed by atoms with Crippen LogP contribution >= 0.6 is 11.3 Å². The summed E-state index contributed by atoms with van der Waals surface area (Å²) in [4.78, 5) is 41.1. The lowest BCUT2D eigenvalue weighted by atomic mass is 10.0. The first kappa shape index (κ1) is 18.1. The first-order valence-corrected chi connectivity index (χ1v) is 9.40. The minimum Gasteiger partial charge on any atom is -0.303 e. The standard InChI is InChI=1S/C21H15FN2O3S/c1-23-20(26)17-9-4-13(11-18(17)21(23)27)19(25)24(12-16-3-2-10-28-16)15-7-5-14(22)6-8-15/h2-11H,12H2,1H3. The van der Waals surface area contributed by atoms with Crippen LogP contribution in [0.2, 0.25) is 0 Å². The van der Waals surface area contributed by atoms with Crippen LogP contribution in [0, 0.1) is 5.82 Å². The molecule has 1 aromatic heterocycles. The number of fused-ring (bicyclic) bond motifs is 1. The third-order valence-electron chi connectivity index (χ3n) is 4.61. The van der Waals surface area contributed by atoms with Gasteiger partial charge in [-0.2, -0.15) is 0 Å². The molecule has 0 spiro atoms. The number of anilines is 1. The number of halogens is 1. The predicted octanol–water partition coefficient (Wildman–Crippen LogP) is 3.96. The molecular weight excluding hydrogens is 379 g/mol. The molecule has 28 heavy (non-hydrogen) atoms. The Morgan fingerprint density at radius 3 is 2.43 bits per heavy atom. The summed E-state index contributed by atoms with van der Waals surface area (Å²) in [5.74, 6) is -1.54. The number of hydrogen-bond acceptors (Lipinski definition) is 4. The highest BCUT2D eigenvalue weighted by Gasteiger charge is 2.33. The van der Waals surface area contributed by atoms with Gasteiger partial charge in [0.15, 0.2) is 0 Å². The maximum atomic E-state index is 13.3. The molecule has 0 saturated carbocycles. The summed E-state index contributed by atoms with van der Waals surface area (Å²) < 4.78 is 13.3. The van der Waals surface area contributed by atoms with E-state index in [0.29, 0.717) is 12.2 Å². The zero-order chi connectivity index (χ0) is 19.8. The average Bonchev–Trinajstić information content (AvgIpc) is 3.30. The van der Waals surface area contributed by atoms with Crippen molar-refractivity contribution in [3.8, 4) is 0 Å². The van der Waals surface area contributed by atoms with Crippen molar-refractivity contribution in [1.82, 2.24) is 4.90 Å². The van der Waals surface area contributed by atoms with Gasteiger partial charge in [0.25, 0.3) is 17.7 Å². The van der Waals surface area contributed by atoms with Crippen molar-refractivity contribution in [1.29, 1.82) is 0 Å². The predicted molar refractivity (Wildman–Crippen MR) is 104 cm³/mol. The van der Waals surface area contributed by atoms with E-state index in [9.17, 15) is 18.8 Å². The van der Waals surface area contributed by atoms with Crippen molar-refractivity contribution in [2.24, 2.45) is 0 Å². The van der Waals surface area contributed by atoms with Crippen molar-refractivity contribution < 1.29 is 18.8 Å². The number of thiophene rings is 1. The Morgan fingerprint density at radius 1 is 1.04 bits per heavy atom. The van der Waals surface area contributed by atoms with Gasteiger partial charge < -0.3 is 4.90 Å². The molecular formula is C21H15FN2O3S. The molecule has 4 rings (SSSR count). The summed E-state index contributed by atoms with van der Waals surface area (Å²) in [5, 5.41) is 1.91. The molecule has 1 aliphatic rings. The van der Waals surface area contributed by atoms with Gasteiger partial charge in [0.1, 0.15) is 5.82 Å². The minimum atomic E-state index is -0.429. The van der Waals surface area contributed by atoms with Crippen molar-refractivity contribution >= 4 is 34.7 Å². The third-order valence-corrected chi connectivity index (χ3v) is 5.48. The lowest BCUT2D eigenvalue weighted by Gasteiger charge is -2.22. The topological polar surface area (TPSA) is 57.7 Å². The van der Waals surface area contributed by atoms with E-state index in [2.05, 4.69) is 0 Å². The van der Waals surface area contributed by atoms with E-state index in [0.717, 1.165) is 9.78 Å². The second-order valence-electron chi connectivity index (χ2n) is 6.38. The molecule has 0 aliphatic carbocycles. The molecule has 140 valence electrons. The number of carbonyl (C=O) groups excluding carboxylic acids is 3. The molecule has 7 heteroatoms. The van der Waals surface area contributed by atoms with Crippen molar-refractivity contribution in [2.45, 2.75) is 6.54 Å². The molecule has 0 radical (unpaired) electrons. The van der Waals surface area contributed by atoms with E-state index in [4.69, 9.17) is 0 Å². The summed E-state index contributed by atoms with van der Waals surface area (Å²) in [6, 6.07) is 14.0. The number of rotatable bonds is 4. The summed E-state index contributed by atoms with van der Waals surface area (Å²) in [6.45, 7) is 0.312. The molecule has 0 saturated heterocycles. The molecule has 0 fully saturated rings. The molecule has 5 nitrogen and oxygen atoms in total. The van der Waals surface area contributed by atoms with Gasteiger partial charge in [-0.05, 0) is 53.9 Å². The molecule has 0 bridgehead atoms. The van der Waals surface area contributed by atoms with E-state index >= 15 is 0 Å². The van der Waals surface area contributed by atoms with Gasteiger partial charge in [-0.1, -0.05) is 6.07 Å². The molecule has 0 unspecified atom stereocenters. The third kappa shape index (κ3) is 3.10. The lowest BCUT2D eigenvalue weighted by Crippen LogP contribution is -2.30. The zero-order valence-electron chi connectivity index (χ0n) is 14.9. The minimum absolute atomic E-state index is 0.216. The Hall–Kier alpha value is -3.32. The van der Waals surface area contributed by atoms with Crippen molar-refractivity contribution in [3.63, 3.8) is 0 Å². The SMILES string of the molecule is CN1C(=O)c2ccc(C(=O)N(Cc3cccs3)c3ccc(F)cc3)cc2C1=O. The number of carbonyl (C=O) groups is 3. The second-order valence-corrected chi connectivity index (χ2v) is 7.41. The van der Waals surface area contributed by atoms with E-state index < -0.39 is 11.7 Å².